The smallest absolute Gasteiger partial charge is 0.0595 e. The SMILES string of the molecule is CC1CCN(Cc2ccc(Cl)c(Cl)c2)C1CBr. The third-order valence-electron chi connectivity index (χ3n) is 3.53. The highest BCUT2D eigenvalue weighted by Crippen LogP contribution is 2.28. The maximum atomic E-state index is 6.04. The molecule has 0 bridgehead atoms. The van der Waals surface area contributed by atoms with Gasteiger partial charge in [0.15, 0.2) is 0 Å². The molecule has 17 heavy (non-hydrogen) atoms. The van der Waals surface area contributed by atoms with Gasteiger partial charge in [-0.3, -0.25) is 4.90 Å². The van der Waals surface area contributed by atoms with Crippen LogP contribution in [-0.2, 0) is 6.54 Å². The minimum Gasteiger partial charge on any atom is -0.295 e. The molecule has 0 aliphatic carbocycles. The van der Waals surface area contributed by atoms with Gasteiger partial charge < -0.3 is 0 Å². The Hall–Kier alpha value is 0.240. The first-order valence-corrected chi connectivity index (χ1v) is 7.73. The Morgan fingerprint density at radius 1 is 1.35 bits per heavy atom. The van der Waals surface area contributed by atoms with E-state index in [0.717, 1.165) is 24.3 Å². The van der Waals surface area contributed by atoms with E-state index >= 15 is 0 Å². The summed E-state index contributed by atoms with van der Waals surface area (Å²) in [7, 11) is 0. The number of rotatable bonds is 3. The zero-order valence-electron chi connectivity index (χ0n) is 9.80. The van der Waals surface area contributed by atoms with E-state index in [4.69, 9.17) is 23.2 Å². The normalized spacial score (nSPS) is 25.4. The van der Waals surface area contributed by atoms with Crippen LogP contribution in [0, 0.1) is 5.92 Å². The molecule has 4 heteroatoms. The average Bonchev–Trinajstić information content (AvgIpc) is 2.64. The molecule has 0 aromatic heterocycles. The quantitative estimate of drug-likeness (QED) is 0.729. The van der Waals surface area contributed by atoms with Crippen LogP contribution in [-0.4, -0.2) is 22.8 Å². The van der Waals surface area contributed by atoms with E-state index in [1.807, 2.05) is 12.1 Å². The highest BCUT2D eigenvalue weighted by molar-refractivity contribution is 9.09. The van der Waals surface area contributed by atoms with Crippen molar-refractivity contribution in [3.63, 3.8) is 0 Å². The van der Waals surface area contributed by atoms with Gasteiger partial charge in [0, 0.05) is 17.9 Å². The first-order chi connectivity index (χ1) is 8.11. The molecule has 0 radical (unpaired) electrons. The van der Waals surface area contributed by atoms with E-state index in [1.165, 1.54) is 12.0 Å². The van der Waals surface area contributed by atoms with Crippen LogP contribution in [0.25, 0.3) is 0 Å². The van der Waals surface area contributed by atoms with Crippen molar-refractivity contribution in [2.24, 2.45) is 5.92 Å². The first kappa shape index (κ1) is 13.7. The molecule has 1 saturated heterocycles. The predicted octanol–water partition coefficient (Wildman–Crippen LogP) is 4.60. The number of hydrogen-bond acceptors (Lipinski definition) is 1. The Kier molecular flexibility index (Phi) is 4.76. The molecular formula is C13H16BrCl2N. The van der Waals surface area contributed by atoms with Crippen molar-refractivity contribution in [2.45, 2.75) is 25.9 Å². The van der Waals surface area contributed by atoms with Gasteiger partial charge in [-0.2, -0.15) is 0 Å². The van der Waals surface area contributed by atoms with Crippen molar-refractivity contribution in [3.8, 4) is 0 Å². The molecule has 1 aliphatic rings. The van der Waals surface area contributed by atoms with E-state index in [-0.39, 0.29) is 0 Å². The molecule has 1 aliphatic heterocycles. The van der Waals surface area contributed by atoms with Gasteiger partial charge in [-0.05, 0) is 36.6 Å². The van der Waals surface area contributed by atoms with Crippen molar-refractivity contribution in [2.75, 3.05) is 11.9 Å². The number of benzene rings is 1. The molecule has 1 aromatic rings. The maximum Gasteiger partial charge on any atom is 0.0595 e. The lowest BCUT2D eigenvalue weighted by atomic mass is 10.1. The minimum atomic E-state index is 0.627. The number of nitrogens with zero attached hydrogens (tertiary/aromatic N) is 1. The van der Waals surface area contributed by atoms with Crippen molar-refractivity contribution in [1.29, 1.82) is 0 Å². The van der Waals surface area contributed by atoms with Crippen LogP contribution in [0.2, 0.25) is 10.0 Å². The standard InChI is InChI=1S/C13H16BrCl2N/c1-9-4-5-17(13(9)7-14)8-10-2-3-11(15)12(16)6-10/h2-3,6,9,13H,4-5,7-8H2,1H3. The number of likely N-dealkylation sites (tertiary alicyclic amines) is 1. The van der Waals surface area contributed by atoms with E-state index in [0.29, 0.717) is 16.1 Å². The van der Waals surface area contributed by atoms with E-state index in [2.05, 4.69) is 33.8 Å². The number of hydrogen-bond donors (Lipinski definition) is 0. The number of alkyl halides is 1. The lowest BCUT2D eigenvalue weighted by Crippen LogP contribution is -2.32. The van der Waals surface area contributed by atoms with Gasteiger partial charge in [0.1, 0.15) is 0 Å². The Morgan fingerprint density at radius 2 is 2.12 bits per heavy atom. The molecular weight excluding hydrogens is 321 g/mol. The molecule has 0 amide bonds. The van der Waals surface area contributed by atoms with Gasteiger partial charge in [-0.1, -0.05) is 52.1 Å². The maximum absolute atomic E-state index is 6.04. The highest BCUT2D eigenvalue weighted by Gasteiger charge is 2.29. The van der Waals surface area contributed by atoms with Gasteiger partial charge in [-0.25, -0.2) is 0 Å². The molecule has 1 aromatic carbocycles. The first-order valence-electron chi connectivity index (χ1n) is 5.85. The van der Waals surface area contributed by atoms with Crippen LogP contribution in [0.1, 0.15) is 18.9 Å². The second-order valence-electron chi connectivity index (χ2n) is 4.71. The molecule has 1 fully saturated rings. The van der Waals surface area contributed by atoms with Crippen LogP contribution < -0.4 is 0 Å². The van der Waals surface area contributed by atoms with Gasteiger partial charge >= 0.3 is 0 Å². The number of halogens is 3. The lowest BCUT2D eigenvalue weighted by molar-refractivity contribution is 0.244. The summed E-state index contributed by atoms with van der Waals surface area (Å²) in [5.74, 6) is 0.761. The zero-order chi connectivity index (χ0) is 12.4. The van der Waals surface area contributed by atoms with Crippen LogP contribution in [0.3, 0.4) is 0 Å². The van der Waals surface area contributed by atoms with Gasteiger partial charge in [0.05, 0.1) is 10.0 Å². The van der Waals surface area contributed by atoms with Crippen molar-refractivity contribution in [1.82, 2.24) is 4.90 Å². The summed E-state index contributed by atoms with van der Waals surface area (Å²) in [6.07, 6.45) is 1.28. The van der Waals surface area contributed by atoms with E-state index in [9.17, 15) is 0 Å². The molecule has 2 atom stereocenters. The Labute approximate surface area is 121 Å². The lowest BCUT2D eigenvalue weighted by Gasteiger charge is -2.25. The third kappa shape index (κ3) is 3.17. The zero-order valence-corrected chi connectivity index (χ0v) is 12.9. The Morgan fingerprint density at radius 3 is 2.76 bits per heavy atom. The molecule has 1 nitrogen and oxygen atoms in total. The molecule has 0 spiro atoms. The monoisotopic (exact) mass is 335 g/mol. The van der Waals surface area contributed by atoms with E-state index < -0.39 is 0 Å². The van der Waals surface area contributed by atoms with Crippen LogP contribution in [0.5, 0.6) is 0 Å². The molecule has 0 N–H and O–H groups in total. The largest absolute Gasteiger partial charge is 0.295 e. The molecule has 2 unspecified atom stereocenters. The van der Waals surface area contributed by atoms with Gasteiger partial charge in [-0.15, -0.1) is 0 Å². The summed E-state index contributed by atoms with van der Waals surface area (Å²) >= 11 is 15.6. The summed E-state index contributed by atoms with van der Waals surface area (Å²) < 4.78 is 0. The molecule has 1 heterocycles. The molecule has 2 rings (SSSR count). The van der Waals surface area contributed by atoms with Crippen molar-refractivity contribution in [3.05, 3.63) is 33.8 Å². The van der Waals surface area contributed by atoms with Gasteiger partial charge in [0.2, 0.25) is 0 Å². The Bertz CT molecular complexity index is 397. The fraction of sp³-hybridized carbons (Fsp3) is 0.538. The van der Waals surface area contributed by atoms with Crippen LogP contribution in [0.4, 0.5) is 0 Å². The summed E-state index contributed by atoms with van der Waals surface area (Å²) in [6, 6.07) is 6.53. The van der Waals surface area contributed by atoms with Crippen molar-refractivity contribution >= 4 is 39.1 Å². The van der Waals surface area contributed by atoms with Crippen LogP contribution >= 0.6 is 39.1 Å². The average molecular weight is 337 g/mol. The summed E-state index contributed by atoms with van der Waals surface area (Å²) in [4.78, 5) is 2.51. The van der Waals surface area contributed by atoms with Crippen LogP contribution in [0.15, 0.2) is 18.2 Å². The summed E-state index contributed by atoms with van der Waals surface area (Å²) in [6.45, 7) is 4.44. The summed E-state index contributed by atoms with van der Waals surface area (Å²) in [5, 5.41) is 2.31. The predicted molar refractivity (Wildman–Crippen MR) is 78.2 cm³/mol. The molecule has 94 valence electrons. The van der Waals surface area contributed by atoms with Gasteiger partial charge in [0.25, 0.3) is 0 Å². The fourth-order valence-corrected chi connectivity index (χ4v) is 3.77. The highest BCUT2D eigenvalue weighted by atomic mass is 79.9. The second-order valence-corrected chi connectivity index (χ2v) is 6.17. The molecule has 0 saturated carbocycles. The fourth-order valence-electron chi connectivity index (χ4n) is 2.41. The minimum absolute atomic E-state index is 0.627. The Balaban J connectivity index is 2.07. The summed E-state index contributed by atoms with van der Waals surface area (Å²) in [5.41, 5.74) is 1.24. The third-order valence-corrected chi connectivity index (χ3v) is 4.93. The second kappa shape index (κ2) is 5.92. The van der Waals surface area contributed by atoms with E-state index in [1.54, 1.807) is 0 Å². The van der Waals surface area contributed by atoms with Crippen molar-refractivity contribution < 1.29 is 0 Å². The topological polar surface area (TPSA) is 3.24 Å².